The number of nitrogens with one attached hydrogen (secondary N) is 2. The molecule has 0 unspecified atom stereocenters. The molecular weight excluding hydrogens is 609 g/mol. The molecule has 2 heterocycles. The Hall–Kier alpha value is -3.83. The van der Waals surface area contributed by atoms with Gasteiger partial charge in [-0.05, 0) is 73.2 Å². The summed E-state index contributed by atoms with van der Waals surface area (Å²) >= 11 is 12.0. The van der Waals surface area contributed by atoms with Crippen LogP contribution in [0.15, 0.2) is 90.0 Å². The second-order valence-electron chi connectivity index (χ2n) is 10.1. The van der Waals surface area contributed by atoms with E-state index in [9.17, 15) is 13.2 Å². The first-order valence-electron chi connectivity index (χ1n) is 13.7. The van der Waals surface area contributed by atoms with Crippen LogP contribution >= 0.6 is 23.2 Å². The largest absolute Gasteiger partial charge is 0.455 e. The van der Waals surface area contributed by atoms with Crippen molar-refractivity contribution in [3.05, 3.63) is 106 Å². The van der Waals surface area contributed by atoms with Crippen molar-refractivity contribution >= 4 is 50.6 Å². The number of hydrogen-bond acceptors (Lipinski definition) is 7. The summed E-state index contributed by atoms with van der Waals surface area (Å²) < 4.78 is 34.7. The Bertz CT molecular complexity index is 1690. The number of halogens is 2. The number of carbonyl (C=O) groups excluding carboxylic acids is 1. The molecule has 0 aliphatic carbocycles. The number of amides is 1. The van der Waals surface area contributed by atoms with Crippen LogP contribution in [0.3, 0.4) is 0 Å². The predicted octanol–water partition coefficient (Wildman–Crippen LogP) is 5.84. The molecule has 224 valence electrons. The first kappa shape index (κ1) is 30.6. The summed E-state index contributed by atoms with van der Waals surface area (Å²) in [7, 11) is -3.97. The predicted molar refractivity (Wildman–Crippen MR) is 170 cm³/mol. The second-order valence-corrected chi connectivity index (χ2v) is 12.6. The highest BCUT2D eigenvalue weighted by Gasteiger charge is 2.20. The zero-order chi connectivity index (χ0) is 30.4. The van der Waals surface area contributed by atoms with Gasteiger partial charge in [-0.15, -0.1) is 0 Å². The number of benzene rings is 3. The highest BCUT2D eigenvalue weighted by Crippen LogP contribution is 2.34. The molecule has 5 rings (SSSR count). The average Bonchev–Trinajstić information content (AvgIpc) is 3.00. The molecule has 1 fully saturated rings. The highest BCUT2D eigenvalue weighted by atomic mass is 35.5. The third kappa shape index (κ3) is 7.97. The molecule has 1 aromatic heterocycles. The average molecular weight is 641 g/mol. The number of anilines is 2. The van der Waals surface area contributed by atoms with E-state index in [1.54, 1.807) is 42.5 Å². The molecule has 43 heavy (non-hydrogen) atoms. The lowest BCUT2D eigenvalue weighted by Crippen LogP contribution is -2.48. The summed E-state index contributed by atoms with van der Waals surface area (Å²) in [5, 5.41) is 3.62. The fourth-order valence-corrected chi connectivity index (χ4v) is 5.98. The Balaban J connectivity index is 1.13. The van der Waals surface area contributed by atoms with E-state index in [0.29, 0.717) is 27.9 Å². The lowest BCUT2D eigenvalue weighted by molar-refractivity contribution is 0.0947. The fraction of sp³-hybridized carbons (Fsp3) is 0.226. The normalized spacial score (nSPS) is 13.9. The van der Waals surface area contributed by atoms with Crippen LogP contribution in [0.1, 0.15) is 15.9 Å². The molecule has 0 spiro atoms. The standard InChI is InChI=1S/C31H31Cl2N5O4S/c1-22-12-13-34-30(20-22)38-18-16-37(17-19-38)15-14-35-31(39)23-6-9-25(10-7-23)43(40,41)36-28-4-2-3-5-29(28)42-24-8-11-26(32)27(33)21-24/h2-13,20-21,36H,14-19H2,1H3,(H,35,39). The van der Waals surface area contributed by atoms with Crippen molar-refractivity contribution in [2.45, 2.75) is 11.8 Å². The Kier molecular flexibility index (Phi) is 9.72. The number of para-hydroxylation sites is 2. The van der Waals surface area contributed by atoms with Gasteiger partial charge < -0.3 is 15.0 Å². The quantitative estimate of drug-likeness (QED) is 0.225. The summed E-state index contributed by atoms with van der Waals surface area (Å²) in [6.45, 7) is 6.78. The summed E-state index contributed by atoms with van der Waals surface area (Å²) in [6.07, 6.45) is 1.83. The maximum Gasteiger partial charge on any atom is 0.262 e. The lowest BCUT2D eigenvalue weighted by atomic mass is 10.2. The molecule has 3 aromatic carbocycles. The zero-order valence-corrected chi connectivity index (χ0v) is 25.8. The lowest BCUT2D eigenvalue weighted by Gasteiger charge is -2.35. The molecule has 0 bridgehead atoms. The van der Waals surface area contributed by atoms with E-state index in [0.717, 1.165) is 38.5 Å². The van der Waals surface area contributed by atoms with Gasteiger partial charge in [0.2, 0.25) is 0 Å². The Morgan fingerprint density at radius 3 is 2.40 bits per heavy atom. The second kappa shape index (κ2) is 13.6. The molecule has 1 amide bonds. The summed E-state index contributed by atoms with van der Waals surface area (Å²) in [4.78, 5) is 21.8. The van der Waals surface area contributed by atoms with Gasteiger partial charge in [-0.2, -0.15) is 0 Å². The number of rotatable bonds is 10. The van der Waals surface area contributed by atoms with Gasteiger partial charge in [0.05, 0.1) is 20.6 Å². The van der Waals surface area contributed by atoms with E-state index in [1.807, 2.05) is 12.3 Å². The van der Waals surface area contributed by atoms with E-state index in [4.69, 9.17) is 27.9 Å². The van der Waals surface area contributed by atoms with Gasteiger partial charge in [0.25, 0.3) is 15.9 Å². The molecule has 1 aliphatic rings. The van der Waals surface area contributed by atoms with E-state index >= 15 is 0 Å². The number of piperazine rings is 1. The molecule has 12 heteroatoms. The molecule has 0 saturated carbocycles. The monoisotopic (exact) mass is 639 g/mol. The molecule has 2 N–H and O–H groups in total. The first-order valence-corrected chi connectivity index (χ1v) is 15.9. The number of ether oxygens (including phenoxy) is 1. The van der Waals surface area contributed by atoms with Crippen molar-refractivity contribution in [2.24, 2.45) is 0 Å². The van der Waals surface area contributed by atoms with Crippen molar-refractivity contribution in [1.82, 2.24) is 15.2 Å². The third-order valence-corrected chi connectivity index (χ3v) is 9.11. The van der Waals surface area contributed by atoms with Crippen LogP contribution < -0.4 is 19.7 Å². The van der Waals surface area contributed by atoms with Gasteiger partial charge in [-0.25, -0.2) is 13.4 Å². The summed E-state index contributed by atoms with van der Waals surface area (Å²) in [5.41, 5.74) is 1.80. The summed E-state index contributed by atoms with van der Waals surface area (Å²) in [6, 6.07) is 21.3. The van der Waals surface area contributed by atoms with Crippen molar-refractivity contribution in [1.29, 1.82) is 0 Å². The molecule has 4 aromatic rings. The van der Waals surface area contributed by atoms with Gasteiger partial charge in [0, 0.05) is 57.1 Å². The number of sulfonamides is 1. The molecule has 0 radical (unpaired) electrons. The summed E-state index contributed by atoms with van der Waals surface area (Å²) in [5.74, 6) is 1.42. The van der Waals surface area contributed by atoms with E-state index < -0.39 is 10.0 Å². The zero-order valence-electron chi connectivity index (χ0n) is 23.5. The van der Waals surface area contributed by atoms with Crippen molar-refractivity contribution < 1.29 is 17.9 Å². The number of nitrogens with zero attached hydrogens (tertiary/aromatic N) is 3. The molecule has 1 aliphatic heterocycles. The van der Waals surface area contributed by atoms with Gasteiger partial charge in [-0.3, -0.25) is 14.4 Å². The first-order chi connectivity index (χ1) is 20.7. The van der Waals surface area contributed by atoms with Crippen LogP contribution in [0.2, 0.25) is 10.0 Å². The third-order valence-electron chi connectivity index (χ3n) is 6.99. The SMILES string of the molecule is Cc1ccnc(N2CCN(CCNC(=O)c3ccc(S(=O)(=O)Nc4ccccc4Oc4ccc(Cl)c(Cl)c4)cc3)CC2)c1. The van der Waals surface area contributed by atoms with Gasteiger partial charge in [-0.1, -0.05) is 35.3 Å². The van der Waals surface area contributed by atoms with Crippen LogP contribution in [0.4, 0.5) is 11.5 Å². The van der Waals surface area contributed by atoms with Crippen LogP contribution in [0, 0.1) is 6.92 Å². The van der Waals surface area contributed by atoms with Crippen molar-refractivity contribution in [2.75, 3.05) is 48.9 Å². The van der Waals surface area contributed by atoms with Gasteiger partial charge >= 0.3 is 0 Å². The Morgan fingerprint density at radius 2 is 1.67 bits per heavy atom. The molecule has 0 atom stereocenters. The minimum Gasteiger partial charge on any atom is -0.455 e. The maximum absolute atomic E-state index is 13.1. The topological polar surface area (TPSA) is 104 Å². The maximum atomic E-state index is 13.1. The molecule has 9 nitrogen and oxygen atoms in total. The fourth-order valence-electron chi connectivity index (χ4n) is 4.62. The number of pyridine rings is 1. The number of aromatic nitrogens is 1. The van der Waals surface area contributed by atoms with Gasteiger partial charge in [0.1, 0.15) is 11.6 Å². The van der Waals surface area contributed by atoms with Gasteiger partial charge in [0.15, 0.2) is 5.75 Å². The minimum atomic E-state index is -3.97. The molecule has 1 saturated heterocycles. The minimum absolute atomic E-state index is 0.00867. The van der Waals surface area contributed by atoms with E-state index in [2.05, 4.69) is 37.8 Å². The number of hydrogen-bond donors (Lipinski definition) is 2. The number of carbonyl (C=O) groups is 1. The Morgan fingerprint density at radius 1 is 0.930 bits per heavy atom. The Labute approximate surface area is 261 Å². The van der Waals surface area contributed by atoms with E-state index in [-0.39, 0.29) is 22.2 Å². The van der Waals surface area contributed by atoms with Crippen LogP contribution in [0.5, 0.6) is 11.5 Å². The number of aryl methyl sites for hydroxylation is 1. The highest BCUT2D eigenvalue weighted by molar-refractivity contribution is 7.92. The molecular formula is C31H31Cl2N5O4S. The van der Waals surface area contributed by atoms with Crippen LogP contribution in [-0.2, 0) is 10.0 Å². The van der Waals surface area contributed by atoms with Crippen LogP contribution in [0.25, 0.3) is 0 Å². The van der Waals surface area contributed by atoms with E-state index in [1.165, 1.54) is 29.8 Å². The smallest absolute Gasteiger partial charge is 0.262 e. The van der Waals surface area contributed by atoms with Crippen molar-refractivity contribution in [3.63, 3.8) is 0 Å². The van der Waals surface area contributed by atoms with Crippen LogP contribution in [-0.4, -0.2) is 63.5 Å². The van der Waals surface area contributed by atoms with Crippen molar-refractivity contribution in [3.8, 4) is 11.5 Å².